The lowest BCUT2D eigenvalue weighted by atomic mass is 9.91. The first-order chi connectivity index (χ1) is 16.2. The van der Waals surface area contributed by atoms with Crippen molar-refractivity contribution in [2.75, 3.05) is 13.2 Å². The molecule has 4 nitrogen and oxygen atoms in total. The lowest BCUT2D eigenvalue weighted by Gasteiger charge is -2.27. The minimum absolute atomic E-state index is 0.0910. The third-order valence-corrected chi connectivity index (χ3v) is 5.72. The fraction of sp³-hybridized carbons (Fsp3) is 0.207. The summed E-state index contributed by atoms with van der Waals surface area (Å²) in [5.74, 6) is 0.293. The molecule has 0 saturated carbocycles. The molecule has 0 radical (unpaired) electrons. The van der Waals surface area contributed by atoms with Gasteiger partial charge in [-0.25, -0.2) is 4.79 Å². The zero-order valence-electron chi connectivity index (χ0n) is 19.0. The van der Waals surface area contributed by atoms with Crippen LogP contribution in [0.3, 0.4) is 0 Å². The van der Waals surface area contributed by atoms with Crippen molar-refractivity contribution in [3.63, 3.8) is 0 Å². The number of carbonyl (C=O) groups excluding carboxylic acids is 1. The average molecular weight is 440 g/mol. The van der Waals surface area contributed by atoms with Gasteiger partial charge in [-0.05, 0) is 41.8 Å². The van der Waals surface area contributed by atoms with Gasteiger partial charge in [0.2, 0.25) is 0 Å². The van der Waals surface area contributed by atoms with Crippen LogP contribution in [-0.4, -0.2) is 19.2 Å². The second-order valence-corrected chi connectivity index (χ2v) is 7.93. The first-order valence-electron chi connectivity index (χ1n) is 11.3. The van der Waals surface area contributed by atoms with E-state index in [2.05, 4.69) is 60.8 Å². The van der Waals surface area contributed by atoms with Crippen molar-refractivity contribution >= 4 is 16.7 Å². The van der Waals surface area contributed by atoms with Crippen LogP contribution in [0.15, 0.2) is 97.1 Å². The SMILES string of the molecule is CCOC(=O)COc1ccc2ccccc2c1[C@@H](N[C@@H](C)c1ccccc1)c1ccccc1. The summed E-state index contributed by atoms with van der Waals surface area (Å²) in [6, 6.07) is 32.9. The average Bonchev–Trinajstić information content (AvgIpc) is 2.87. The predicted molar refractivity (Wildman–Crippen MR) is 132 cm³/mol. The van der Waals surface area contributed by atoms with E-state index in [0.717, 1.165) is 21.9 Å². The molecule has 2 atom stereocenters. The zero-order chi connectivity index (χ0) is 23.0. The van der Waals surface area contributed by atoms with E-state index in [9.17, 15) is 4.79 Å². The van der Waals surface area contributed by atoms with Crippen LogP contribution in [-0.2, 0) is 9.53 Å². The van der Waals surface area contributed by atoms with Crippen LogP contribution >= 0.6 is 0 Å². The topological polar surface area (TPSA) is 47.6 Å². The molecule has 0 fully saturated rings. The Kier molecular flexibility index (Phi) is 7.38. The van der Waals surface area contributed by atoms with Crippen molar-refractivity contribution in [2.45, 2.75) is 25.9 Å². The van der Waals surface area contributed by atoms with Crippen molar-refractivity contribution in [1.82, 2.24) is 5.32 Å². The number of hydrogen-bond donors (Lipinski definition) is 1. The minimum atomic E-state index is -0.376. The molecule has 4 aromatic rings. The first-order valence-corrected chi connectivity index (χ1v) is 11.3. The molecule has 0 aliphatic carbocycles. The zero-order valence-corrected chi connectivity index (χ0v) is 19.0. The van der Waals surface area contributed by atoms with Crippen LogP contribution in [0.2, 0.25) is 0 Å². The summed E-state index contributed by atoms with van der Waals surface area (Å²) in [5.41, 5.74) is 3.33. The van der Waals surface area contributed by atoms with Gasteiger partial charge < -0.3 is 9.47 Å². The lowest BCUT2D eigenvalue weighted by molar-refractivity contribution is -0.145. The highest BCUT2D eigenvalue weighted by Gasteiger charge is 2.24. The lowest BCUT2D eigenvalue weighted by Crippen LogP contribution is -2.27. The molecule has 0 amide bonds. The molecule has 0 heterocycles. The number of ether oxygens (including phenoxy) is 2. The highest BCUT2D eigenvalue weighted by Crippen LogP contribution is 2.38. The van der Waals surface area contributed by atoms with E-state index in [1.165, 1.54) is 5.56 Å². The van der Waals surface area contributed by atoms with Gasteiger partial charge in [0.05, 0.1) is 12.6 Å². The summed E-state index contributed by atoms with van der Waals surface area (Å²) in [7, 11) is 0. The van der Waals surface area contributed by atoms with Crippen LogP contribution in [0.25, 0.3) is 10.8 Å². The van der Waals surface area contributed by atoms with E-state index >= 15 is 0 Å². The van der Waals surface area contributed by atoms with E-state index in [-0.39, 0.29) is 24.7 Å². The number of nitrogens with one attached hydrogen (secondary N) is 1. The summed E-state index contributed by atoms with van der Waals surface area (Å²) >= 11 is 0. The van der Waals surface area contributed by atoms with E-state index in [0.29, 0.717) is 12.4 Å². The Morgan fingerprint density at radius 3 is 2.15 bits per heavy atom. The van der Waals surface area contributed by atoms with Crippen LogP contribution in [0.5, 0.6) is 5.75 Å². The van der Waals surface area contributed by atoms with Crippen molar-refractivity contribution in [2.24, 2.45) is 0 Å². The molecule has 4 aromatic carbocycles. The van der Waals surface area contributed by atoms with Gasteiger partial charge in [0.15, 0.2) is 6.61 Å². The van der Waals surface area contributed by atoms with Gasteiger partial charge in [0, 0.05) is 11.6 Å². The molecule has 0 unspecified atom stereocenters. The van der Waals surface area contributed by atoms with Crippen LogP contribution < -0.4 is 10.1 Å². The van der Waals surface area contributed by atoms with E-state index in [1.54, 1.807) is 6.92 Å². The molecule has 0 saturated heterocycles. The van der Waals surface area contributed by atoms with Gasteiger partial charge in [0.25, 0.3) is 0 Å². The first kappa shape index (κ1) is 22.6. The van der Waals surface area contributed by atoms with Gasteiger partial charge in [-0.1, -0.05) is 91.0 Å². The molecule has 168 valence electrons. The maximum absolute atomic E-state index is 12.0. The number of rotatable bonds is 9. The Balaban J connectivity index is 1.80. The van der Waals surface area contributed by atoms with Crippen molar-refractivity contribution in [3.05, 3.63) is 114 Å². The quantitative estimate of drug-likeness (QED) is 0.315. The molecule has 0 bridgehead atoms. The number of fused-ring (bicyclic) bond motifs is 1. The molecule has 33 heavy (non-hydrogen) atoms. The van der Waals surface area contributed by atoms with E-state index in [1.807, 2.05) is 48.5 Å². The number of hydrogen-bond acceptors (Lipinski definition) is 4. The van der Waals surface area contributed by atoms with Gasteiger partial charge in [0.1, 0.15) is 5.75 Å². The normalized spacial score (nSPS) is 12.8. The predicted octanol–water partition coefficient (Wildman–Crippen LogP) is 6.22. The Morgan fingerprint density at radius 1 is 0.818 bits per heavy atom. The highest BCUT2D eigenvalue weighted by atomic mass is 16.6. The van der Waals surface area contributed by atoms with Crippen molar-refractivity contribution in [3.8, 4) is 5.75 Å². The van der Waals surface area contributed by atoms with Gasteiger partial charge in [-0.2, -0.15) is 0 Å². The van der Waals surface area contributed by atoms with Gasteiger partial charge >= 0.3 is 5.97 Å². The summed E-state index contributed by atoms with van der Waals surface area (Å²) in [6.45, 7) is 4.15. The Bertz CT molecular complexity index is 1190. The molecular formula is C29H29NO3. The molecule has 0 spiro atoms. The number of esters is 1. The molecule has 4 rings (SSSR count). The highest BCUT2D eigenvalue weighted by molar-refractivity contribution is 5.89. The molecule has 0 aliphatic heterocycles. The monoisotopic (exact) mass is 439 g/mol. The third kappa shape index (κ3) is 5.41. The smallest absolute Gasteiger partial charge is 0.344 e. The summed E-state index contributed by atoms with van der Waals surface area (Å²) in [6.07, 6.45) is 0. The Hall–Kier alpha value is -3.63. The van der Waals surface area contributed by atoms with E-state index < -0.39 is 0 Å². The van der Waals surface area contributed by atoms with Gasteiger partial charge in [-0.15, -0.1) is 0 Å². The second kappa shape index (κ2) is 10.8. The van der Waals surface area contributed by atoms with Crippen LogP contribution in [0.1, 0.15) is 42.6 Å². The summed E-state index contributed by atoms with van der Waals surface area (Å²) < 4.78 is 11.1. The molecule has 0 aromatic heterocycles. The third-order valence-electron chi connectivity index (χ3n) is 5.72. The number of benzene rings is 4. The van der Waals surface area contributed by atoms with E-state index in [4.69, 9.17) is 9.47 Å². The largest absolute Gasteiger partial charge is 0.482 e. The fourth-order valence-electron chi connectivity index (χ4n) is 4.12. The maximum Gasteiger partial charge on any atom is 0.344 e. The molecule has 0 aliphatic rings. The summed E-state index contributed by atoms with van der Waals surface area (Å²) in [5, 5.41) is 6.02. The maximum atomic E-state index is 12.0. The fourth-order valence-corrected chi connectivity index (χ4v) is 4.12. The molecule has 1 N–H and O–H groups in total. The molecule has 4 heteroatoms. The van der Waals surface area contributed by atoms with Gasteiger partial charge in [-0.3, -0.25) is 5.32 Å². The Labute approximate surface area is 195 Å². The van der Waals surface area contributed by atoms with Crippen molar-refractivity contribution in [1.29, 1.82) is 0 Å². The van der Waals surface area contributed by atoms with Crippen molar-refractivity contribution < 1.29 is 14.3 Å². The molecular weight excluding hydrogens is 410 g/mol. The van der Waals surface area contributed by atoms with Crippen LogP contribution in [0, 0.1) is 0 Å². The summed E-state index contributed by atoms with van der Waals surface area (Å²) in [4.78, 5) is 12.0. The number of carbonyl (C=O) groups is 1. The minimum Gasteiger partial charge on any atom is -0.482 e. The standard InChI is InChI=1S/C29H29NO3/c1-3-32-27(31)20-33-26-19-18-23-14-10-11-17-25(23)28(26)29(24-15-8-5-9-16-24)30-21(2)22-12-6-4-7-13-22/h4-19,21,29-30H,3,20H2,1-2H3/t21-,29-/m0/s1. The van der Waals surface area contributed by atoms with Crippen LogP contribution in [0.4, 0.5) is 0 Å². The Morgan fingerprint density at radius 2 is 1.45 bits per heavy atom. The second-order valence-electron chi connectivity index (χ2n) is 7.93.